The smallest absolute Gasteiger partial charge is 0.276 e. The quantitative estimate of drug-likeness (QED) is 0.255. The summed E-state index contributed by atoms with van der Waals surface area (Å²) >= 11 is 0. The van der Waals surface area contributed by atoms with Crippen LogP contribution in [0.4, 0.5) is 0 Å². The first-order valence-electron chi connectivity index (χ1n) is 8.60. The van der Waals surface area contributed by atoms with Gasteiger partial charge in [0.25, 0.3) is 8.32 Å². The Labute approximate surface area is 129 Å². The molecule has 0 saturated heterocycles. The number of terminal acetylenes is 1. The zero-order valence-electron chi connectivity index (χ0n) is 14.7. The summed E-state index contributed by atoms with van der Waals surface area (Å²) in [7, 11) is -2.07. The van der Waals surface area contributed by atoms with E-state index in [1.165, 1.54) is 38.5 Å². The largest absolute Gasteiger partial charge is 0.402 e. The molecule has 0 aliphatic heterocycles. The van der Waals surface area contributed by atoms with Crippen molar-refractivity contribution in [1.29, 1.82) is 0 Å². The first-order chi connectivity index (χ1) is 9.44. The summed E-state index contributed by atoms with van der Waals surface area (Å²) in [4.78, 5) is 0. The van der Waals surface area contributed by atoms with E-state index < -0.39 is 8.32 Å². The van der Waals surface area contributed by atoms with Gasteiger partial charge in [0, 0.05) is 6.10 Å². The Morgan fingerprint density at radius 2 is 1.50 bits per heavy atom. The summed E-state index contributed by atoms with van der Waals surface area (Å²) in [5.74, 6) is 0. The first kappa shape index (κ1) is 19.7. The number of rotatable bonds is 11. The van der Waals surface area contributed by atoms with Gasteiger partial charge >= 0.3 is 0 Å². The molecule has 0 fully saturated rings. The van der Waals surface area contributed by atoms with Gasteiger partial charge in [-0.15, -0.1) is 12.0 Å². The Kier molecular flexibility index (Phi) is 10.3. The molecule has 20 heavy (non-hydrogen) atoms. The van der Waals surface area contributed by atoms with Gasteiger partial charge in [0.05, 0.1) is 0 Å². The second-order valence-electron chi connectivity index (χ2n) is 6.62. The maximum atomic E-state index is 6.63. The monoisotopic (exact) mass is 296 g/mol. The summed E-state index contributed by atoms with van der Waals surface area (Å²) < 4.78 is 6.63. The molecule has 0 amide bonds. The summed E-state index contributed by atoms with van der Waals surface area (Å²) in [5, 5.41) is 0. The molecule has 1 nitrogen and oxygen atoms in total. The molecule has 0 aliphatic rings. The van der Waals surface area contributed by atoms with Crippen molar-refractivity contribution >= 4 is 8.32 Å². The van der Waals surface area contributed by atoms with Crippen LogP contribution in [0.2, 0.25) is 11.1 Å². The van der Waals surface area contributed by atoms with E-state index in [2.05, 4.69) is 47.1 Å². The minimum absolute atomic E-state index is 0.379. The number of hydrogen-bond donors (Lipinski definition) is 0. The van der Waals surface area contributed by atoms with Crippen LogP contribution in [0.5, 0.6) is 0 Å². The molecule has 2 heteroatoms. The second kappa shape index (κ2) is 10.5. The summed E-state index contributed by atoms with van der Waals surface area (Å²) in [5.41, 5.74) is 4.10. The Bertz CT molecular complexity index is 270. The van der Waals surface area contributed by atoms with Crippen molar-refractivity contribution in [3.8, 4) is 12.0 Å². The second-order valence-corrected chi connectivity index (χ2v) is 11.0. The molecular formula is C18H36OSi. The van der Waals surface area contributed by atoms with Crippen molar-refractivity contribution in [3.05, 3.63) is 0 Å². The third-order valence-corrected chi connectivity index (χ3v) is 8.90. The van der Waals surface area contributed by atoms with Crippen LogP contribution in [0.1, 0.15) is 86.5 Å². The van der Waals surface area contributed by atoms with E-state index in [-0.39, 0.29) is 0 Å². The van der Waals surface area contributed by atoms with Crippen LogP contribution in [0.25, 0.3) is 0 Å². The Hall–Kier alpha value is -0.263. The van der Waals surface area contributed by atoms with E-state index >= 15 is 0 Å². The summed E-state index contributed by atoms with van der Waals surface area (Å²) in [6.45, 7) is 13.5. The van der Waals surface area contributed by atoms with Gasteiger partial charge in [-0.05, 0) is 23.9 Å². The van der Waals surface area contributed by atoms with E-state index in [0.717, 1.165) is 6.42 Å². The number of hydrogen-bond acceptors (Lipinski definition) is 1. The van der Waals surface area contributed by atoms with Crippen LogP contribution in [-0.4, -0.2) is 14.4 Å². The SMILES string of the molecule is C#C[Si](OC(CCC)CCCCCC)(C(C)C)C(C)C. The third-order valence-electron chi connectivity index (χ3n) is 4.29. The highest BCUT2D eigenvalue weighted by Gasteiger charge is 2.42. The average Bonchev–Trinajstić information content (AvgIpc) is 2.39. The topological polar surface area (TPSA) is 9.23 Å². The minimum Gasteiger partial charge on any atom is -0.402 e. The lowest BCUT2D eigenvalue weighted by Gasteiger charge is -2.37. The van der Waals surface area contributed by atoms with Gasteiger partial charge in [0.15, 0.2) is 0 Å². The van der Waals surface area contributed by atoms with E-state index in [1.807, 2.05) is 0 Å². The van der Waals surface area contributed by atoms with Crippen LogP contribution in [0.3, 0.4) is 0 Å². The van der Waals surface area contributed by atoms with Crippen molar-refractivity contribution in [3.63, 3.8) is 0 Å². The molecule has 0 radical (unpaired) electrons. The highest BCUT2D eigenvalue weighted by Crippen LogP contribution is 2.35. The Morgan fingerprint density at radius 3 is 1.90 bits per heavy atom. The van der Waals surface area contributed by atoms with Crippen molar-refractivity contribution < 1.29 is 4.43 Å². The molecule has 0 aliphatic carbocycles. The molecule has 0 aromatic rings. The van der Waals surface area contributed by atoms with E-state index in [9.17, 15) is 0 Å². The molecule has 0 aromatic heterocycles. The van der Waals surface area contributed by atoms with Gasteiger partial charge in [-0.25, -0.2) is 0 Å². The van der Waals surface area contributed by atoms with Gasteiger partial charge in [-0.1, -0.05) is 73.6 Å². The molecule has 0 aromatic carbocycles. The fourth-order valence-corrected chi connectivity index (χ4v) is 6.36. The normalized spacial score (nSPS) is 13.8. The highest BCUT2D eigenvalue weighted by atomic mass is 28.4. The Morgan fingerprint density at radius 1 is 0.900 bits per heavy atom. The van der Waals surface area contributed by atoms with Crippen molar-refractivity contribution in [2.75, 3.05) is 0 Å². The molecule has 0 saturated carbocycles. The van der Waals surface area contributed by atoms with Crippen molar-refractivity contribution in [2.45, 2.75) is 104 Å². The molecule has 0 spiro atoms. The molecular weight excluding hydrogens is 260 g/mol. The number of unbranched alkanes of at least 4 members (excludes halogenated alkanes) is 3. The van der Waals surface area contributed by atoms with E-state index in [4.69, 9.17) is 10.8 Å². The third kappa shape index (κ3) is 6.02. The van der Waals surface area contributed by atoms with E-state index in [1.54, 1.807) is 0 Å². The first-order valence-corrected chi connectivity index (χ1v) is 10.7. The van der Waals surface area contributed by atoms with Crippen LogP contribution in [-0.2, 0) is 4.43 Å². The molecule has 1 unspecified atom stereocenters. The lowest BCUT2D eigenvalue weighted by atomic mass is 10.1. The van der Waals surface area contributed by atoms with Crippen LogP contribution in [0, 0.1) is 12.0 Å². The van der Waals surface area contributed by atoms with Crippen LogP contribution < -0.4 is 0 Å². The summed E-state index contributed by atoms with van der Waals surface area (Å²) in [6, 6.07) is 0. The average molecular weight is 297 g/mol. The molecule has 0 N–H and O–H groups in total. The van der Waals surface area contributed by atoms with Crippen LogP contribution in [0.15, 0.2) is 0 Å². The predicted molar refractivity (Wildman–Crippen MR) is 93.3 cm³/mol. The van der Waals surface area contributed by atoms with E-state index in [0.29, 0.717) is 17.2 Å². The van der Waals surface area contributed by atoms with Gasteiger partial charge in [-0.3, -0.25) is 0 Å². The fourth-order valence-electron chi connectivity index (χ4n) is 2.96. The lowest BCUT2D eigenvalue weighted by molar-refractivity contribution is 0.160. The van der Waals surface area contributed by atoms with Gasteiger partial charge in [0.1, 0.15) is 0 Å². The predicted octanol–water partition coefficient (Wildman–Crippen LogP) is 6.08. The van der Waals surface area contributed by atoms with Gasteiger partial charge in [0.2, 0.25) is 0 Å². The molecule has 118 valence electrons. The van der Waals surface area contributed by atoms with Gasteiger partial charge < -0.3 is 4.43 Å². The zero-order chi connectivity index (χ0) is 15.6. The van der Waals surface area contributed by atoms with Gasteiger partial charge in [-0.2, -0.15) is 0 Å². The molecule has 0 bridgehead atoms. The maximum Gasteiger partial charge on any atom is 0.276 e. The van der Waals surface area contributed by atoms with Crippen molar-refractivity contribution in [2.24, 2.45) is 0 Å². The lowest BCUT2D eigenvalue weighted by Crippen LogP contribution is -2.46. The summed E-state index contributed by atoms with van der Waals surface area (Å²) in [6.07, 6.45) is 15.1. The van der Waals surface area contributed by atoms with Crippen LogP contribution >= 0.6 is 0 Å². The van der Waals surface area contributed by atoms with Crippen molar-refractivity contribution in [1.82, 2.24) is 0 Å². The molecule has 1 atom stereocenters. The Balaban J connectivity index is 4.70. The maximum absolute atomic E-state index is 6.63. The zero-order valence-corrected chi connectivity index (χ0v) is 15.7. The minimum atomic E-state index is -2.07. The molecule has 0 rings (SSSR count). The fraction of sp³-hybridized carbons (Fsp3) is 0.889. The standard InChI is InChI=1S/C18H36OSi/c1-8-11-12-13-15-18(14-9-2)19-20(10-3,16(4)5)17(6)7/h3,16-18H,8-9,11-15H2,1-2,4-7H3. The molecule has 0 heterocycles. The highest BCUT2D eigenvalue weighted by molar-refractivity contribution is 6.84.